The van der Waals surface area contributed by atoms with Crippen molar-refractivity contribution in [2.75, 3.05) is 19.8 Å². The molecule has 3 aromatic rings. The highest BCUT2D eigenvalue weighted by atomic mass is 19.4. The molecule has 0 spiro atoms. The molecule has 2 aromatic heterocycles. The minimum absolute atomic E-state index is 0.0439. The lowest BCUT2D eigenvalue weighted by molar-refractivity contribution is -0.440. The summed E-state index contributed by atoms with van der Waals surface area (Å²) in [5.41, 5.74) is -0.273. The fourth-order valence-electron chi connectivity index (χ4n) is 5.21. The number of halogens is 15. The summed E-state index contributed by atoms with van der Waals surface area (Å²) >= 11 is 0. The minimum atomic E-state index is -8.01. The van der Waals surface area contributed by atoms with Crippen molar-refractivity contribution >= 4 is 0 Å². The standard InChI is InChI=1S/C34H32F15N3O3/c1-2-3-4-6-15-53-16-7-5-8-25-29(37,38)26-24(55-25)14-13-23(52-26)27-50-17-21(18-51-27)20-9-11-22(12-10-20)54-19-28(35,36)30(39,40)31(41,42)32(43,44)33(45,46)34(47,48)49/h9-14,17-18,25H,2-8,15-16,19H2,1H3. The van der Waals surface area contributed by atoms with Gasteiger partial charge in [-0.1, -0.05) is 38.3 Å². The molecule has 0 N–H and O–H groups in total. The van der Waals surface area contributed by atoms with E-state index in [2.05, 4.69) is 26.6 Å². The number of aromatic nitrogens is 3. The summed E-state index contributed by atoms with van der Waals surface area (Å²) in [4.78, 5) is 12.1. The van der Waals surface area contributed by atoms with Crippen molar-refractivity contribution in [3.05, 3.63) is 54.5 Å². The quantitative estimate of drug-likeness (QED) is 0.0887. The Morgan fingerprint density at radius 1 is 0.673 bits per heavy atom. The molecule has 4 rings (SSSR count). The SMILES string of the molecule is CCCCCCOCCCCC1Oc2ccc(-c3ncc(-c4ccc(OCC(F)(F)C(F)(F)C(F)(F)C(F)(F)C(F)(F)C(F)(F)F)cc4)cn3)nc2C1(F)F. The Balaban J connectivity index is 1.36. The van der Waals surface area contributed by atoms with Crippen molar-refractivity contribution in [2.45, 2.75) is 99.7 Å². The molecule has 55 heavy (non-hydrogen) atoms. The van der Waals surface area contributed by atoms with Gasteiger partial charge in [-0.15, -0.1) is 0 Å². The van der Waals surface area contributed by atoms with Crippen LogP contribution in [0.25, 0.3) is 22.6 Å². The third-order valence-electron chi connectivity index (χ3n) is 8.48. The summed E-state index contributed by atoms with van der Waals surface area (Å²) in [6.45, 7) is 0.286. The van der Waals surface area contributed by atoms with Crippen LogP contribution in [-0.2, 0) is 10.7 Å². The van der Waals surface area contributed by atoms with E-state index in [0.717, 1.165) is 49.9 Å². The highest BCUT2D eigenvalue weighted by Crippen LogP contribution is 2.60. The van der Waals surface area contributed by atoms with Gasteiger partial charge in [0, 0.05) is 31.2 Å². The summed E-state index contributed by atoms with van der Waals surface area (Å²) in [6, 6.07) is 6.38. The first kappa shape index (κ1) is 43.7. The molecule has 0 saturated carbocycles. The van der Waals surface area contributed by atoms with Crippen molar-refractivity contribution in [3.63, 3.8) is 0 Å². The zero-order valence-electron chi connectivity index (χ0n) is 28.5. The van der Waals surface area contributed by atoms with E-state index in [1.54, 1.807) is 0 Å². The predicted molar refractivity (Wildman–Crippen MR) is 164 cm³/mol. The maximum atomic E-state index is 15.2. The zero-order valence-corrected chi connectivity index (χ0v) is 28.5. The first-order chi connectivity index (χ1) is 25.4. The molecule has 6 nitrogen and oxygen atoms in total. The van der Waals surface area contributed by atoms with Crippen LogP contribution >= 0.6 is 0 Å². The molecule has 1 aromatic carbocycles. The van der Waals surface area contributed by atoms with Gasteiger partial charge in [-0.3, -0.25) is 0 Å². The molecule has 1 aliphatic rings. The van der Waals surface area contributed by atoms with Gasteiger partial charge in [0.05, 0.1) is 0 Å². The molecule has 21 heteroatoms. The molecule has 0 aliphatic carbocycles. The van der Waals surface area contributed by atoms with Crippen LogP contribution in [0.3, 0.4) is 0 Å². The topological polar surface area (TPSA) is 66.4 Å². The van der Waals surface area contributed by atoms with Crippen molar-refractivity contribution in [2.24, 2.45) is 0 Å². The Morgan fingerprint density at radius 3 is 1.84 bits per heavy atom. The van der Waals surface area contributed by atoms with Crippen molar-refractivity contribution in [1.29, 1.82) is 0 Å². The molecule has 306 valence electrons. The molecule has 0 fully saturated rings. The van der Waals surface area contributed by atoms with E-state index >= 15 is 8.78 Å². The van der Waals surface area contributed by atoms with Crippen LogP contribution in [0.2, 0.25) is 0 Å². The summed E-state index contributed by atoms with van der Waals surface area (Å²) in [6.07, 6.45) is -1.34. The van der Waals surface area contributed by atoms with Crippen molar-refractivity contribution < 1.29 is 80.1 Å². The van der Waals surface area contributed by atoms with Gasteiger partial charge in [-0.2, -0.15) is 65.9 Å². The number of fused-ring (bicyclic) bond motifs is 1. The van der Waals surface area contributed by atoms with Gasteiger partial charge >= 0.3 is 41.7 Å². The van der Waals surface area contributed by atoms with Gasteiger partial charge in [-0.25, -0.2) is 15.0 Å². The lowest BCUT2D eigenvalue weighted by atomic mass is 9.94. The molecular formula is C34H32F15N3O3. The Bertz CT molecular complexity index is 1720. The highest BCUT2D eigenvalue weighted by molar-refractivity contribution is 5.64. The number of benzene rings is 1. The van der Waals surface area contributed by atoms with Gasteiger partial charge < -0.3 is 14.2 Å². The summed E-state index contributed by atoms with van der Waals surface area (Å²) < 4.78 is 219. The van der Waals surface area contributed by atoms with E-state index < -0.39 is 65.9 Å². The van der Waals surface area contributed by atoms with E-state index in [4.69, 9.17) is 9.47 Å². The summed E-state index contributed by atoms with van der Waals surface area (Å²) in [5.74, 6) is -42.0. The second-order valence-corrected chi connectivity index (χ2v) is 12.5. The van der Waals surface area contributed by atoms with E-state index in [0.29, 0.717) is 26.1 Å². The Kier molecular flexibility index (Phi) is 12.9. The number of pyridine rings is 1. The van der Waals surface area contributed by atoms with E-state index in [9.17, 15) is 57.1 Å². The van der Waals surface area contributed by atoms with Gasteiger partial charge in [0.2, 0.25) is 0 Å². The third kappa shape index (κ3) is 8.70. The van der Waals surface area contributed by atoms with Crippen molar-refractivity contribution in [1.82, 2.24) is 15.0 Å². The summed E-state index contributed by atoms with van der Waals surface area (Å²) in [5, 5.41) is 0. The number of hydrogen-bond acceptors (Lipinski definition) is 6. The molecular weight excluding hydrogens is 783 g/mol. The fourth-order valence-corrected chi connectivity index (χ4v) is 5.21. The number of ether oxygens (including phenoxy) is 3. The van der Waals surface area contributed by atoms with Crippen LogP contribution < -0.4 is 9.47 Å². The lowest BCUT2D eigenvalue weighted by Gasteiger charge is -2.39. The Labute approximate surface area is 303 Å². The normalized spacial score (nSPS) is 16.5. The van der Waals surface area contributed by atoms with E-state index in [1.807, 2.05) is 0 Å². The maximum absolute atomic E-state index is 15.2. The molecule has 0 bridgehead atoms. The third-order valence-corrected chi connectivity index (χ3v) is 8.48. The molecule has 0 saturated heterocycles. The molecule has 3 heterocycles. The second kappa shape index (κ2) is 16.2. The largest absolute Gasteiger partial charge is 0.487 e. The number of nitrogens with zero attached hydrogens (tertiary/aromatic N) is 3. The number of alkyl halides is 15. The second-order valence-electron chi connectivity index (χ2n) is 12.5. The number of rotatable bonds is 19. The van der Waals surface area contributed by atoms with Gasteiger partial charge in [-0.05, 0) is 55.5 Å². The zero-order chi connectivity index (χ0) is 41.1. The molecule has 0 radical (unpaired) electrons. The average molecular weight is 816 g/mol. The molecule has 1 atom stereocenters. The fraction of sp³-hybridized carbons (Fsp3) is 0.559. The van der Waals surface area contributed by atoms with Gasteiger partial charge in [0.25, 0.3) is 0 Å². The minimum Gasteiger partial charge on any atom is -0.487 e. The van der Waals surface area contributed by atoms with Crippen LogP contribution in [0.15, 0.2) is 48.8 Å². The highest BCUT2D eigenvalue weighted by Gasteiger charge is 2.90. The van der Waals surface area contributed by atoms with Crippen LogP contribution in [-0.4, -0.2) is 76.7 Å². The lowest BCUT2D eigenvalue weighted by Crippen LogP contribution is -2.70. The Morgan fingerprint density at radius 2 is 1.25 bits per heavy atom. The Hall–Kier alpha value is -4.04. The summed E-state index contributed by atoms with van der Waals surface area (Å²) in [7, 11) is 0. The first-order valence-electron chi connectivity index (χ1n) is 16.6. The van der Waals surface area contributed by atoms with Gasteiger partial charge in [0.1, 0.15) is 17.2 Å². The maximum Gasteiger partial charge on any atom is 0.460 e. The van der Waals surface area contributed by atoms with Crippen LogP contribution in [0.4, 0.5) is 65.9 Å². The smallest absolute Gasteiger partial charge is 0.460 e. The average Bonchev–Trinajstić information content (AvgIpc) is 3.37. The monoisotopic (exact) mass is 815 g/mol. The van der Waals surface area contributed by atoms with Crippen molar-refractivity contribution in [3.8, 4) is 34.1 Å². The molecule has 1 unspecified atom stereocenters. The van der Waals surface area contributed by atoms with E-state index in [1.165, 1.54) is 24.5 Å². The first-order valence-corrected chi connectivity index (χ1v) is 16.6. The van der Waals surface area contributed by atoms with E-state index in [-0.39, 0.29) is 34.8 Å². The molecule has 1 aliphatic heterocycles. The molecule has 0 amide bonds. The predicted octanol–water partition coefficient (Wildman–Crippen LogP) is 10.9. The van der Waals surface area contributed by atoms with Crippen LogP contribution in [0.1, 0.15) is 57.6 Å². The van der Waals surface area contributed by atoms with Crippen LogP contribution in [0.5, 0.6) is 11.5 Å². The number of unbranched alkanes of at least 4 members (excludes halogenated alkanes) is 4. The van der Waals surface area contributed by atoms with Crippen LogP contribution in [0, 0.1) is 0 Å². The number of hydrogen-bond donors (Lipinski definition) is 0. The van der Waals surface area contributed by atoms with Gasteiger partial charge in [0.15, 0.2) is 24.2 Å².